The molecular weight excluding hydrogens is 458 g/mol. The molecule has 6 nitrogen and oxygen atoms in total. The van der Waals surface area contributed by atoms with Crippen molar-refractivity contribution in [1.29, 1.82) is 0 Å². The first-order valence-electron chi connectivity index (χ1n) is 12.2. The second-order valence-corrected chi connectivity index (χ2v) is 10.4. The van der Waals surface area contributed by atoms with Gasteiger partial charge in [-0.25, -0.2) is 0 Å². The third kappa shape index (κ3) is 4.70. The average Bonchev–Trinajstić information content (AvgIpc) is 3.42. The van der Waals surface area contributed by atoms with E-state index in [-0.39, 0.29) is 11.8 Å². The Kier molecular flexibility index (Phi) is 6.62. The van der Waals surface area contributed by atoms with E-state index < -0.39 is 6.04 Å². The Morgan fingerprint density at radius 1 is 1.17 bits per heavy atom. The number of allylic oxidation sites excluding steroid dienone is 1. The second kappa shape index (κ2) is 9.84. The van der Waals surface area contributed by atoms with Crippen LogP contribution in [0.1, 0.15) is 53.1 Å². The molecule has 0 saturated carbocycles. The summed E-state index contributed by atoms with van der Waals surface area (Å²) >= 11 is 1.75. The Labute approximate surface area is 210 Å². The zero-order valence-electron chi connectivity index (χ0n) is 20.3. The number of nitrogens with zero attached hydrogens (tertiary/aromatic N) is 2. The van der Waals surface area contributed by atoms with Gasteiger partial charge in [-0.1, -0.05) is 38.6 Å². The number of nitrogens with one attached hydrogen (secondary N) is 1. The van der Waals surface area contributed by atoms with Crippen LogP contribution in [-0.2, 0) is 24.5 Å². The predicted molar refractivity (Wildman–Crippen MR) is 139 cm³/mol. The van der Waals surface area contributed by atoms with Crippen molar-refractivity contribution in [2.24, 2.45) is 0 Å². The van der Waals surface area contributed by atoms with E-state index >= 15 is 0 Å². The van der Waals surface area contributed by atoms with Crippen LogP contribution in [-0.4, -0.2) is 40.7 Å². The van der Waals surface area contributed by atoms with Gasteiger partial charge in [0.25, 0.3) is 5.91 Å². The van der Waals surface area contributed by atoms with Gasteiger partial charge in [-0.2, -0.15) is 0 Å². The van der Waals surface area contributed by atoms with Crippen LogP contribution < -0.4 is 10.1 Å². The Bertz CT molecular complexity index is 1290. The van der Waals surface area contributed by atoms with Gasteiger partial charge in [0.05, 0.1) is 6.54 Å². The molecule has 1 N–H and O–H groups in total. The summed E-state index contributed by atoms with van der Waals surface area (Å²) < 4.78 is 7.49. The van der Waals surface area contributed by atoms with E-state index in [9.17, 15) is 9.59 Å². The molecule has 1 atom stereocenters. The fourth-order valence-corrected chi connectivity index (χ4v) is 5.97. The molecule has 1 aromatic heterocycles. The van der Waals surface area contributed by atoms with Gasteiger partial charge in [-0.15, -0.1) is 11.3 Å². The lowest BCUT2D eigenvalue weighted by atomic mass is 10.0. The smallest absolute Gasteiger partial charge is 0.255 e. The molecule has 1 unspecified atom stereocenters. The number of hydrogen-bond donors (Lipinski definition) is 1. The number of ether oxygens (including phenoxy) is 1. The molecule has 1 saturated heterocycles. The summed E-state index contributed by atoms with van der Waals surface area (Å²) in [5.41, 5.74) is 3.52. The largest absolute Gasteiger partial charge is 0.488 e. The van der Waals surface area contributed by atoms with Crippen LogP contribution in [0.2, 0.25) is 0 Å². The molecule has 1 fully saturated rings. The highest BCUT2D eigenvalue weighted by Gasteiger charge is 2.39. The summed E-state index contributed by atoms with van der Waals surface area (Å²) in [4.78, 5) is 30.8. The minimum Gasteiger partial charge on any atom is -0.488 e. The second-order valence-electron chi connectivity index (χ2n) is 9.20. The third-order valence-electron chi connectivity index (χ3n) is 6.96. The average molecular weight is 490 g/mol. The number of hydrogen-bond acceptors (Lipinski definition) is 5. The SMILES string of the molecule is C=C1CCC(N2Cc3c(OCc4cc5ccc(CN(CC)CC)cc5s4)cccc3C2=O)C(=O)N1. The molecule has 5 rings (SSSR count). The van der Waals surface area contributed by atoms with Gasteiger partial charge in [0, 0.05) is 32.9 Å². The molecule has 2 amide bonds. The standard InChI is InChI=1S/C28H31N3O3S/c1-4-30(5-2)15-19-10-11-20-14-21(35-26(20)13-19)17-34-25-8-6-7-22-23(25)16-31(28(22)33)24-12-9-18(3)29-27(24)32/h6-8,10-11,13-14,24H,3-5,9,12,15-17H2,1-2H3,(H,29,32). The van der Waals surface area contributed by atoms with Gasteiger partial charge < -0.3 is 15.0 Å². The Balaban J connectivity index is 1.30. The van der Waals surface area contributed by atoms with Crippen molar-refractivity contribution in [3.05, 3.63) is 76.3 Å². The third-order valence-corrected chi connectivity index (χ3v) is 8.03. The maximum Gasteiger partial charge on any atom is 0.255 e. The number of thiophene rings is 1. The number of piperidine rings is 1. The Morgan fingerprint density at radius 2 is 2.00 bits per heavy atom. The van der Waals surface area contributed by atoms with Gasteiger partial charge in [-0.3, -0.25) is 14.5 Å². The van der Waals surface area contributed by atoms with Crippen molar-refractivity contribution >= 4 is 33.2 Å². The van der Waals surface area contributed by atoms with Crippen LogP contribution in [0.4, 0.5) is 0 Å². The highest BCUT2D eigenvalue weighted by molar-refractivity contribution is 7.19. The molecule has 182 valence electrons. The van der Waals surface area contributed by atoms with Crippen LogP contribution in [0, 0.1) is 0 Å². The zero-order chi connectivity index (χ0) is 24.5. The maximum absolute atomic E-state index is 13.1. The molecule has 0 spiro atoms. The van der Waals surface area contributed by atoms with E-state index in [1.54, 1.807) is 16.2 Å². The van der Waals surface area contributed by atoms with Crippen LogP contribution >= 0.6 is 11.3 Å². The summed E-state index contributed by atoms with van der Waals surface area (Å²) in [6.45, 7) is 12.1. The van der Waals surface area contributed by atoms with Crippen molar-refractivity contribution in [2.45, 2.75) is 52.4 Å². The fourth-order valence-electron chi connectivity index (χ4n) is 4.93. The molecule has 2 aliphatic rings. The maximum atomic E-state index is 13.1. The normalized spacial score (nSPS) is 17.9. The fraction of sp³-hybridized carbons (Fsp3) is 0.357. The van der Waals surface area contributed by atoms with Gasteiger partial charge in [0.15, 0.2) is 0 Å². The molecule has 0 bridgehead atoms. The number of benzene rings is 2. The first kappa shape index (κ1) is 23.6. The zero-order valence-corrected chi connectivity index (χ0v) is 21.1. The number of carbonyl (C=O) groups excluding carboxylic acids is 2. The molecule has 0 radical (unpaired) electrons. The number of carbonyl (C=O) groups is 2. The molecular formula is C28H31N3O3S. The van der Waals surface area contributed by atoms with E-state index in [1.807, 2.05) is 18.2 Å². The van der Waals surface area contributed by atoms with Crippen molar-refractivity contribution < 1.29 is 14.3 Å². The lowest BCUT2D eigenvalue weighted by molar-refractivity contribution is -0.126. The number of amides is 2. The molecule has 7 heteroatoms. The molecule has 3 heterocycles. The summed E-state index contributed by atoms with van der Waals surface area (Å²) in [5, 5.41) is 4.01. The summed E-state index contributed by atoms with van der Waals surface area (Å²) in [6, 6.07) is 14.0. The van der Waals surface area contributed by atoms with Crippen molar-refractivity contribution in [1.82, 2.24) is 15.1 Å². The van der Waals surface area contributed by atoms with E-state index in [1.165, 1.54) is 15.6 Å². The van der Waals surface area contributed by atoms with Crippen LogP contribution in [0.3, 0.4) is 0 Å². The molecule has 0 aliphatic carbocycles. The highest BCUT2D eigenvalue weighted by atomic mass is 32.1. The first-order valence-corrected chi connectivity index (χ1v) is 13.1. The molecule has 3 aromatic rings. The predicted octanol–water partition coefficient (Wildman–Crippen LogP) is 5.07. The quantitative estimate of drug-likeness (QED) is 0.480. The molecule has 2 aliphatic heterocycles. The van der Waals surface area contributed by atoms with Crippen molar-refractivity contribution in [3.8, 4) is 5.75 Å². The first-order chi connectivity index (χ1) is 17.0. The van der Waals surface area contributed by atoms with E-state index in [0.717, 1.165) is 30.1 Å². The Morgan fingerprint density at radius 3 is 2.77 bits per heavy atom. The number of fused-ring (bicyclic) bond motifs is 2. The van der Waals surface area contributed by atoms with Crippen LogP contribution in [0.5, 0.6) is 5.75 Å². The van der Waals surface area contributed by atoms with Crippen molar-refractivity contribution in [2.75, 3.05) is 13.1 Å². The van der Waals surface area contributed by atoms with E-state index in [2.05, 4.69) is 54.9 Å². The lowest BCUT2D eigenvalue weighted by Gasteiger charge is -2.31. The minimum atomic E-state index is -0.471. The van der Waals surface area contributed by atoms with Crippen LogP contribution in [0.25, 0.3) is 10.1 Å². The number of rotatable bonds is 8. The lowest BCUT2D eigenvalue weighted by Crippen LogP contribution is -2.49. The van der Waals surface area contributed by atoms with E-state index in [4.69, 9.17) is 4.74 Å². The van der Waals surface area contributed by atoms with Gasteiger partial charge in [0.2, 0.25) is 5.91 Å². The Hall–Kier alpha value is -3.16. The summed E-state index contributed by atoms with van der Waals surface area (Å²) in [7, 11) is 0. The molecule has 2 aromatic carbocycles. The van der Waals surface area contributed by atoms with Gasteiger partial charge >= 0.3 is 0 Å². The summed E-state index contributed by atoms with van der Waals surface area (Å²) in [5.74, 6) is 0.440. The summed E-state index contributed by atoms with van der Waals surface area (Å²) in [6.07, 6.45) is 1.28. The van der Waals surface area contributed by atoms with E-state index in [0.29, 0.717) is 43.0 Å². The minimum absolute atomic E-state index is 0.110. The molecule has 35 heavy (non-hydrogen) atoms. The van der Waals surface area contributed by atoms with Crippen molar-refractivity contribution in [3.63, 3.8) is 0 Å². The highest BCUT2D eigenvalue weighted by Crippen LogP contribution is 2.35. The van der Waals surface area contributed by atoms with Crippen LogP contribution in [0.15, 0.2) is 54.7 Å². The topological polar surface area (TPSA) is 61.9 Å². The monoisotopic (exact) mass is 489 g/mol. The van der Waals surface area contributed by atoms with Gasteiger partial charge in [-0.05, 0) is 61.1 Å². The van der Waals surface area contributed by atoms with Gasteiger partial charge in [0.1, 0.15) is 18.4 Å².